The smallest absolute Gasteiger partial charge is 0.153 e. The third-order valence-corrected chi connectivity index (χ3v) is 1.52. The summed E-state index contributed by atoms with van der Waals surface area (Å²) in [5.41, 5.74) is 0.573. The molecule has 0 aliphatic carbocycles. The minimum absolute atomic E-state index is 0.0846. The van der Waals surface area contributed by atoms with Gasteiger partial charge in [-0.2, -0.15) is 0 Å². The van der Waals surface area contributed by atoms with Crippen molar-refractivity contribution in [1.82, 2.24) is 0 Å². The maximum absolute atomic E-state index is 10.5. The number of hydrogen-bond donors (Lipinski definition) is 0. The summed E-state index contributed by atoms with van der Waals surface area (Å²) in [6.07, 6.45) is 0.782. The van der Waals surface area contributed by atoms with Gasteiger partial charge in [-0.15, -0.1) is 0 Å². The van der Waals surface area contributed by atoms with E-state index in [1.54, 1.807) is 18.2 Å². The molecule has 0 radical (unpaired) electrons. The summed E-state index contributed by atoms with van der Waals surface area (Å²) in [4.78, 5) is 10.5. The fraction of sp³-hybridized carbons (Fsp3) is 0.222. The Kier molecular flexibility index (Phi) is 3.29. The molecule has 0 N–H and O–H groups in total. The summed E-state index contributed by atoms with van der Waals surface area (Å²) in [5.74, 6) is 0.608. The van der Waals surface area contributed by atoms with E-state index in [-0.39, 0.29) is 5.01 Å². The Hall–Kier alpha value is -0.830. The number of aldehydes is 1. The molecule has 0 saturated heterocycles. The molecule has 0 aliphatic heterocycles. The number of ether oxygens (including phenoxy) is 1. The van der Waals surface area contributed by atoms with Crippen LogP contribution in [0.3, 0.4) is 0 Å². The van der Waals surface area contributed by atoms with Crippen LogP contribution in [0.15, 0.2) is 24.3 Å². The van der Waals surface area contributed by atoms with Gasteiger partial charge in [0.2, 0.25) is 0 Å². The third-order valence-electron chi connectivity index (χ3n) is 1.34. The summed E-state index contributed by atoms with van der Waals surface area (Å²) >= 11 is 3.24. The molecule has 1 aromatic rings. The van der Waals surface area contributed by atoms with E-state index in [1.165, 1.54) is 0 Å². The van der Waals surface area contributed by atoms with E-state index in [0.29, 0.717) is 11.3 Å². The van der Waals surface area contributed by atoms with Crippen LogP contribution >= 0.6 is 15.9 Å². The number of carbonyl (C=O) groups is 1. The van der Waals surface area contributed by atoms with Crippen LogP contribution in [0.1, 0.15) is 17.3 Å². The summed E-state index contributed by atoms with van der Waals surface area (Å²) in [6.45, 7) is 1.85. The SMILES string of the molecule is CC(Br)Oc1ccccc1C=O. The molecule has 0 heterocycles. The van der Waals surface area contributed by atoms with E-state index in [0.717, 1.165) is 6.29 Å². The van der Waals surface area contributed by atoms with Gasteiger partial charge in [0.15, 0.2) is 11.3 Å². The van der Waals surface area contributed by atoms with Gasteiger partial charge >= 0.3 is 0 Å². The van der Waals surface area contributed by atoms with E-state index in [2.05, 4.69) is 15.9 Å². The van der Waals surface area contributed by atoms with Crippen LogP contribution in [0.25, 0.3) is 0 Å². The number of hydrogen-bond acceptors (Lipinski definition) is 2. The second-order valence-electron chi connectivity index (χ2n) is 2.32. The first kappa shape index (κ1) is 9.26. The summed E-state index contributed by atoms with van der Waals surface area (Å²) in [6, 6.07) is 7.12. The number of carbonyl (C=O) groups excluding carboxylic acids is 1. The van der Waals surface area contributed by atoms with Crippen molar-refractivity contribution < 1.29 is 9.53 Å². The topological polar surface area (TPSA) is 26.3 Å². The van der Waals surface area contributed by atoms with Crippen molar-refractivity contribution in [3.8, 4) is 5.75 Å². The second-order valence-corrected chi connectivity index (χ2v) is 3.61. The Bertz CT molecular complexity index is 271. The van der Waals surface area contributed by atoms with Gasteiger partial charge in [0.1, 0.15) is 5.75 Å². The van der Waals surface area contributed by atoms with Crippen LogP contribution in [0.5, 0.6) is 5.75 Å². The lowest BCUT2D eigenvalue weighted by Gasteiger charge is -2.09. The molecule has 0 fully saturated rings. The highest BCUT2D eigenvalue weighted by atomic mass is 79.9. The molecule has 1 atom stereocenters. The molecule has 12 heavy (non-hydrogen) atoms. The Balaban J connectivity index is 2.89. The average molecular weight is 229 g/mol. The summed E-state index contributed by atoms with van der Waals surface area (Å²) in [7, 11) is 0. The maximum Gasteiger partial charge on any atom is 0.153 e. The molecule has 1 aromatic carbocycles. The molecule has 0 amide bonds. The standard InChI is InChI=1S/C9H9BrO2/c1-7(10)12-9-5-3-2-4-8(9)6-11/h2-7H,1H3. The molecule has 64 valence electrons. The van der Waals surface area contributed by atoms with Gasteiger partial charge in [-0.1, -0.05) is 12.1 Å². The van der Waals surface area contributed by atoms with Crippen molar-refractivity contribution in [2.24, 2.45) is 0 Å². The molecule has 1 unspecified atom stereocenters. The first-order valence-electron chi connectivity index (χ1n) is 3.59. The van der Waals surface area contributed by atoms with Gasteiger partial charge in [0, 0.05) is 0 Å². The third kappa shape index (κ3) is 2.34. The Morgan fingerprint density at radius 3 is 2.75 bits per heavy atom. The van der Waals surface area contributed by atoms with Crippen molar-refractivity contribution in [2.45, 2.75) is 11.9 Å². The molecule has 3 heteroatoms. The number of alkyl halides is 1. The number of benzene rings is 1. The van der Waals surface area contributed by atoms with E-state index < -0.39 is 0 Å². The molecule has 1 rings (SSSR count). The maximum atomic E-state index is 10.5. The van der Waals surface area contributed by atoms with E-state index in [9.17, 15) is 4.79 Å². The largest absolute Gasteiger partial charge is 0.479 e. The molecule has 0 saturated carbocycles. The predicted octanol–water partition coefficient (Wildman–Crippen LogP) is 2.62. The van der Waals surface area contributed by atoms with Crippen LogP contribution in [-0.2, 0) is 0 Å². The van der Waals surface area contributed by atoms with E-state index >= 15 is 0 Å². The lowest BCUT2D eigenvalue weighted by Crippen LogP contribution is -2.03. The number of halogens is 1. The van der Waals surface area contributed by atoms with E-state index in [4.69, 9.17) is 4.74 Å². The number of rotatable bonds is 3. The first-order valence-corrected chi connectivity index (χ1v) is 4.50. The molecule has 0 spiro atoms. The first-order chi connectivity index (χ1) is 5.74. The predicted molar refractivity (Wildman–Crippen MR) is 50.8 cm³/mol. The highest BCUT2D eigenvalue weighted by molar-refractivity contribution is 9.09. The molecule has 0 aromatic heterocycles. The monoisotopic (exact) mass is 228 g/mol. The highest BCUT2D eigenvalue weighted by Gasteiger charge is 2.03. The zero-order valence-electron chi connectivity index (χ0n) is 6.66. The summed E-state index contributed by atoms with van der Waals surface area (Å²) < 4.78 is 5.32. The molecular weight excluding hydrogens is 220 g/mol. The van der Waals surface area contributed by atoms with Gasteiger partial charge in [-0.3, -0.25) is 4.79 Å². The zero-order valence-corrected chi connectivity index (χ0v) is 8.24. The highest BCUT2D eigenvalue weighted by Crippen LogP contribution is 2.18. The van der Waals surface area contributed by atoms with E-state index in [1.807, 2.05) is 13.0 Å². The van der Waals surface area contributed by atoms with Gasteiger partial charge in [0.05, 0.1) is 5.56 Å². The normalized spacial score (nSPS) is 12.2. The zero-order chi connectivity index (χ0) is 8.97. The minimum atomic E-state index is -0.0846. The van der Waals surface area contributed by atoms with Crippen molar-refractivity contribution in [1.29, 1.82) is 0 Å². The van der Waals surface area contributed by atoms with Crippen LogP contribution in [-0.4, -0.2) is 11.3 Å². The van der Waals surface area contributed by atoms with Crippen molar-refractivity contribution >= 4 is 22.2 Å². The summed E-state index contributed by atoms with van der Waals surface area (Å²) in [5, 5.41) is -0.0846. The van der Waals surface area contributed by atoms with Crippen LogP contribution < -0.4 is 4.74 Å². The van der Waals surface area contributed by atoms with Crippen LogP contribution in [0, 0.1) is 0 Å². The Morgan fingerprint density at radius 1 is 1.50 bits per heavy atom. The molecule has 2 nitrogen and oxygen atoms in total. The van der Waals surface area contributed by atoms with Crippen molar-refractivity contribution in [2.75, 3.05) is 0 Å². The second kappa shape index (κ2) is 4.26. The van der Waals surface area contributed by atoms with Gasteiger partial charge in [0.25, 0.3) is 0 Å². The quantitative estimate of drug-likeness (QED) is 0.588. The van der Waals surface area contributed by atoms with Crippen LogP contribution in [0.4, 0.5) is 0 Å². The molecule has 0 bridgehead atoms. The van der Waals surface area contributed by atoms with Gasteiger partial charge in [-0.25, -0.2) is 0 Å². The Morgan fingerprint density at radius 2 is 2.17 bits per heavy atom. The molecule has 0 aliphatic rings. The molecular formula is C9H9BrO2. The van der Waals surface area contributed by atoms with Crippen molar-refractivity contribution in [3.05, 3.63) is 29.8 Å². The van der Waals surface area contributed by atoms with Crippen molar-refractivity contribution in [3.63, 3.8) is 0 Å². The van der Waals surface area contributed by atoms with Gasteiger partial charge in [-0.05, 0) is 35.0 Å². The fourth-order valence-electron chi connectivity index (χ4n) is 0.860. The van der Waals surface area contributed by atoms with Gasteiger partial charge < -0.3 is 4.74 Å². The lowest BCUT2D eigenvalue weighted by molar-refractivity contribution is 0.111. The average Bonchev–Trinajstić information content (AvgIpc) is 2.04. The fourth-order valence-corrected chi connectivity index (χ4v) is 1.06. The van der Waals surface area contributed by atoms with Crippen LogP contribution in [0.2, 0.25) is 0 Å². The lowest BCUT2D eigenvalue weighted by atomic mass is 10.2. The number of para-hydroxylation sites is 1. The minimum Gasteiger partial charge on any atom is -0.479 e. The Labute approximate surface area is 79.7 Å².